The number of hydrogen-bond acceptors (Lipinski definition) is 7. The Hall–Kier alpha value is -2.36. The Morgan fingerprint density at radius 3 is 2.97 bits per heavy atom. The van der Waals surface area contributed by atoms with Crippen LogP contribution in [0, 0.1) is 0 Å². The lowest BCUT2D eigenvalue weighted by atomic mass is 10.2. The molecule has 0 spiro atoms. The number of carbonyl (C=O) groups is 1. The molecule has 2 aliphatic rings. The van der Waals surface area contributed by atoms with Gasteiger partial charge in [-0.15, -0.1) is 0 Å². The topological polar surface area (TPSA) is 103 Å². The molecule has 2 atom stereocenters. The first-order valence-electron chi connectivity index (χ1n) is 10.3. The molecule has 2 aromatic heterocycles. The van der Waals surface area contributed by atoms with Crippen LogP contribution in [0.15, 0.2) is 24.8 Å². The Labute approximate surface area is 169 Å². The third-order valence-corrected chi connectivity index (χ3v) is 4.98. The van der Waals surface area contributed by atoms with Crippen LogP contribution in [0.4, 0.5) is 5.82 Å². The molecule has 3 heterocycles. The lowest BCUT2D eigenvalue weighted by Gasteiger charge is -2.16. The van der Waals surface area contributed by atoms with Crippen molar-refractivity contribution >= 4 is 22.9 Å². The molecule has 4 rings (SSSR count). The SMILES string of the molecule is CC(C)OCC1CCC(n2cnc3c(NC(=O)/C=C/CNC4CC4)ncnc32)O1. The van der Waals surface area contributed by atoms with Crippen LogP contribution >= 0.6 is 0 Å². The Morgan fingerprint density at radius 1 is 1.31 bits per heavy atom. The number of imidazole rings is 1. The molecule has 0 bridgehead atoms. The van der Waals surface area contributed by atoms with Gasteiger partial charge in [0.2, 0.25) is 5.91 Å². The molecule has 2 N–H and O–H groups in total. The van der Waals surface area contributed by atoms with Crippen molar-refractivity contribution in [1.82, 2.24) is 24.8 Å². The molecule has 1 saturated carbocycles. The fraction of sp³-hybridized carbons (Fsp3) is 0.600. The normalized spacial score (nSPS) is 22.2. The molecule has 1 saturated heterocycles. The van der Waals surface area contributed by atoms with Crippen LogP contribution in [-0.4, -0.2) is 56.8 Å². The molecule has 0 radical (unpaired) electrons. The lowest BCUT2D eigenvalue weighted by molar-refractivity contribution is -0.111. The van der Waals surface area contributed by atoms with E-state index in [0.29, 0.717) is 36.2 Å². The third-order valence-electron chi connectivity index (χ3n) is 4.98. The predicted octanol–water partition coefficient (Wildman–Crippen LogP) is 2.18. The highest BCUT2D eigenvalue weighted by atomic mass is 16.6. The van der Waals surface area contributed by atoms with Gasteiger partial charge in [-0.1, -0.05) is 6.08 Å². The zero-order valence-corrected chi connectivity index (χ0v) is 16.9. The lowest BCUT2D eigenvalue weighted by Crippen LogP contribution is -2.19. The average molecular weight is 400 g/mol. The van der Waals surface area contributed by atoms with E-state index in [-0.39, 0.29) is 24.3 Å². The third kappa shape index (κ3) is 5.17. The first-order chi connectivity index (χ1) is 14.1. The van der Waals surface area contributed by atoms with Crippen molar-refractivity contribution in [3.63, 3.8) is 0 Å². The maximum absolute atomic E-state index is 12.2. The van der Waals surface area contributed by atoms with Crippen LogP contribution in [-0.2, 0) is 14.3 Å². The number of anilines is 1. The predicted molar refractivity (Wildman–Crippen MR) is 108 cm³/mol. The summed E-state index contributed by atoms with van der Waals surface area (Å²) in [5.74, 6) is 0.163. The van der Waals surface area contributed by atoms with Crippen molar-refractivity contribution in [2.75, 3.05) is 18.5 Å². The van der Waals surface area contributed by atoms with Crippen LogP contribution in [0.25, 0.3) is 11.2 Å². The second-order valence-corrected chi connectivity index (χ2v) is 7.79. The van der Waals surface area contributed by atoms with Crippen LogP contribution in [0.3, 0.4) is 0 Å². The Morgan fingerprint density at radius 2 is 2.17 bits per heavy atom. The summed E-state index contributed by atoms with van der Waals surface area (Å²) in [5.41, 5.74) is 1.20. The van der Waals surface area contributed by atoms with Crippen molar-refractivity contribution in [1.29, 1.82) is 0 Å². The molecule has 1 amide bonds. The monoisotopic (exact) mass is 400 g/mol. The molecule has 2 fully saturated rings. The summed E-state index contributed by atoms with van der Waals surface area (Å²) in [6, 6.07) is 0.613. The van der Waals surface area contributed by atoms with Gasteiger partial charge in [-0.3, -0.25) is 9.36 Å². The number of aromatic nitrogens is 4. The second kappa shape index (κ2) is 8.98. The first kappa shape index (κ1) is 19.9. The van der Waals surface area contributed by atoms with Gasteiger partial charge in [-0.05, 0) is 39.5 Å². The number of amides is 1. The van der Waals surface area contributed by atoms with E-state index in [0.717, 1.165) is 12.8 Å². The number of nitrogens with one attached hydrogen (secondary N) is 2. The number of carbonyl (C=O) groups excluding carboxylic acids is 1. The van der Waals surface area contributed by atoms with Crippen molar-refractivity contribution in [3.8, 4) is 0 Å². The number of nitrogens with zero attached hydrogens (tertiary/aromatic N) is 4. The van der Waals surface area contributed by atoms with Crippen molar-refractivity contribution in [2.45, 2.75) is 64.0 Å². The smallest absolute Gasteiger partial charge is 0.249 e. The zero-order valence-electron chi connectivity index (χ0n) is 16.9. The molecule has 2 unspecified atom stereocenters. The fourth-order valence-corrected chi connectivity index (χ4v) is 3.31. The van der Waals surface area contributed by atoms with Gasteiger partial charge in [-0.2, -0.15) is 0 Å². The highest BCUT2D eigenvalue weighted by Crippen LogP contribution is 2.31. The van der Waals surface area contributed by atoms with Gasteiger partial charge in [0.25, 0.3) is 0 Å². The van der Waals surface area contributed by atoms with Crippen molar-refractivity contribution in [3.05, 3.63) is 24.8 Å². The Kier molecular flexibility index (Phi) is 6.17. The summed E-state index contributed by atoms with van der Waals surface area (Å²) in [6.07, 6.45) is 10.8. The minimum absolute atomic E-state index is 0.0650. The van der Waals surface area contributed by atoms with Crippen LogP contribution in [0.5, 0.6) is 0 Å². The molecule has 9 heteroatoms. The molecule has 29 heavy (non-hydrogen) atoms. The minimum Gasteiger partial charge on any atom is -0.376 e. The molecular weight excluding hydrogens is 372 g/mol. The average Bonchev–Trinajstić information content (AvgIpc) is 3.22. The summed E-state index contributed by atoms with van der Waals surface area (Å²) in [5, 5.41) is 6.12. The molecule has 1 aliphatic carbocycles. The largest absolute Gasteiger partial charge is 0.376 e. The maximum atomic E-state index is 12.2. The van der Waals surface area contributed by atoms with Crippen molar-refractivity contribution in [2.24, 2.45) is 0 Å². The van der Waals surface area contributed by atoms with E-state index in [1.807, 2.05) is 24.5 Å². The molecule has 156 valence electrons. The fourth-order valence-electron chi connectivity index (χ4n) is 3.31. The standard InChI is InChI=1S/C20H28N6O3/c1-13(2)28-10-15-7-8-17(29-15)26-12-24-18-19(22-11-23-20(18)26)25-16(27)4-3-9-21-14-5-6-14/h3-4,11-15,17,21H,5-10H2,1-2H3,(H,22,23,25,27)/b4-3+. The van der Waals surface area contributed by atoms with E-state index in [2.05, 4.69) is 25.6 Å². The van der Waals surface area contributed by atoms with Gasteiger partial charge in [0.15, 0.2) is 17.0 Å². The van der Waals surface area contributed by atoms with Gasteiger partial charge in [0.05, 0.1) is 25.1 Å². The molecule has 1 aliphatic heterocycles. The molecule has 0 aromatic carbocycles. The second-order valence-electron chi connectivity index (χ2n) is 7.79. The zero-order chi connectivity index (χ0) is 20.2. The van der Waals surface area contributed by atoms with Crippen LogP contribution < -0.4 is 10.6 Å². The van der Waals surface area contributed by atoms with Crippen molar-refractivity contribution < 1.29 is 14.3 Å². The summed E-state index contributed by atoms with van der Waals surface area (Å²) < 4.78 is 13.7. The van der Waals surface area contributed by atoms with E-state index in [1.165, 1.54) is 25.2 Å². The summed E-state index contributed by atoms with van der Waals surface area (Å²) in [7, 11) is 0. The van der Waals surface area contributed by atoms with E-state index in [1.54, 1.807) is 6.33 Å². The number of ether oxygens (including phenoxy) is 2. The van der Waals surface area contributed by atoms with Gasteiger partial charge in [0.1, 0.15) is 12.6 Å². The summed E-state index contributed by atoms with van der Waals surface area (Å²) in [4.78, 5) is 25.2. The Bertz CT molecular complexity index is 876. The first-order valence-corrected chi connectivity index (χ1v) is 10.3. The quantitative estimate of drug-likeness (QED) is 0.622. The summed E-state index contributed by atoms with van der Waals surface area (Å²) >= 11 is 0. The number of hydrogen-bond donors (Lipinski definition) is 2. The highest BCUT2D eigenvalue weighted by molar-refractivity contribution is 6.02. The number of fused-ring (bicyclic) bond motifs is 1. The molecule has 9 nitrogen and oxygen atoms in total. The van der Waals surface area contributed by atoms with Crippen LogP contribution in [0.1, 0.15) is 45.8 Å². The maximum Gasteiger partial charge on any atom is 0.249 e. The summed E-state index contributed by atoms with van der Waals surface area (Å²) in [6.45, 7) is 5.30. The van der Waals surface area contributed by atoms with E-state index < -0.39 is 0 Å². The van der Waals surface area contributed by atoms with Gasteiger partial charge in [-0.25, -0.2) is 15.0 Å². The Balaban J connectivity index is 1.39. The van der Waals surface area contributed by atoms with Gasteiger partial charge in [0, 0.05) is 18.7 Å². The van der Waals surface area contributed by atoms with E-state index in [4.69, 9.17) is 9.47 Å². The molecular formula is C20H28N6O3. The van der Waals surface area contributed by atoms with E-state index in [9.17, 15) is 4.79 Å². The van der Waals surface area contributed by atoms with Crippen LogP contribution in [0.2, 0.25) is 0 Å². The highest BCUT2D eigenvalue weighted by Gasteiger charge is 2.28. The minimum atomic E-state index is -0.236. The van der Waals surface area contributed by atoms with Gasteiger partial charge >= 0.3 is 0 Å². The molecule has 2 aromatic rings. The van der Waals surface area contributed by atoms with E-state index >= 15 is 0 Å². The number of rotatable bonds is 9. The van der Waals surface area contributed by atoms with Gasteiger partial charge < -0.3 is 20.1 Å².